The van der Waals surface area contributed by atoms with Crippen molar-refractivity contribution >= 4 is 6.09 Å². The summed E-state index contributed by atoms with van der Waals surface area (Å²) in [7, 11) is 0. The highest BCUT2D eigenvalue weighted by molar-refractivity contribution is 5.66. The summed E-state index contributed by atoms with van der Waals surface area (Å²) in [5, 5.41) is 20.5. The summed E-state index contributed by atoms with van der Waals surface area (Å²) < 4.78 is 5.84. The highest BCUT2D eigenvalue weighted by Crippen LogP contribution is 2.35. The zero-order valence-corrected chi connectivity index (χ0v) is 15.6. The summed E-state index contributed by atoms with van der Waals surface area (Å²) in [6.45, 7) is 2.50. The molecule has 1 amide bonds. The van der Waals surface area contributed by atoms with E-state index >= 15 is 0 Å². The molecular weight excluding hydrogens is 342 g/mol. The van der Waals surface area contributed by atoms with Crippen LogP contribution in [0.5, 0.6) is 5.75 Å². The van der Waals surface area contributed by atoms with Gasteiger partial charge in [-0.2, -0.15) is 0 Å². The maximum absolute atomic E-state index is 11.7. The van der Waals surface area contributed by atoms with Crippen molar-refractivity contribution < 1.29 is 19.7 Å². The van der Waals surface area contributed by atoms with E-state index in [-0.39, 0.29) is 6.04 Å². The van der Waals surface area contributed by atoms with E-state index in [0.717, 1.165) is 24.8 Å². The monoisotopic (exact) mass is 369 g/mol. The largest absolute Gasteiger partial charge is 0.489 e. The predicted octanol–water partition coefficient (Wildman–Crippen LogP) is 4.61. The number of carbonyl (C=O) groups is 1. The van der Waals surface area contributed by atoms with Crippen molar-refractivity contribution in [3.8, 4) is 5.75 Å². The molecule has 0 radical (unpaired) electrons. The van der Waals surface area contributed by atoms with Crippen LogP contribution in [0, 0.1) is 0 Å². The number of aliphatic hydroxyl groups excluding tert-OH is 1. The first-order chi connectivity index (χ1) is 13.1. The van der Waals surface area contributed by atoms with E-state index in [4.69, 9.17) is 4.74 Å². The van der Waals surface area contributed by atoms with Gasteiger partial charge in [-0.3, -0.25) is 4.90 Å². The van der Waals surface area contributed by atoms with E-state index < -0.39 is 18.2 Å². The van der Waals surface area contributed by atoms with E-state index in [1.54, 1.807) is 6.07 Å². The molecule has 0 spiro atoms. The maximum atomic E-state index is 11.7. The molecule has 27 heavy (non-hydrogen) atoms. The molecule has 0 aromatic heterocycles. The SMILES string of the molecule is CCC[C@H]1CC[C@H](C(O)c2cccc(OCc3ccccc3)c2)N1C(=O)O. The van der Waals surface area contributed by atoms with Crippen LogP contribution in [0.3, 0.4) is 0 Å². The van der Waals surface area contributed by atoms with Gasteiger partial charge >= 0.3 is 6.09 Å². The smallest absolute Gasteiger partial charge is 0.407 e. The van der Waals surface area contributed by atoms with Gasteiger partial charge in [-0.15, -0.1) is 0 Å². The Morgan fingerprint density at radius 1 is 1.19 bits per heavy atom. The van der Waals surface area contributed by atoms with Crippen LogP contribution in [0.2, 0.25) is 0 Å². The Kier molecular flexibility index (Phi) is 6.35. The lowest BCUT2D eigenvalue weighted by atomic mass is 10.00. The fraction of sp³-hybridized carbons (Fsp3) is 0.409. The van der Waals surface area contributed by atoms with Crippen molar-refractivity contribution in [1.82, 2.24) is 4.90 Å². The second-order valence-corrected chi connectivity index (χ2v) is 7.07. The van der Waals surface area contributed by atoms with Crippen molar-refractivity contribution in [2.24, 2.45) is 0 Å². The van der Waals surface area contributed by atoms with Gasteiger partial charge < -0.3 is 14.9 Å². The third kappa shape index (κ3) is 4.61. The van der Waals surface area contributed by atoms with E-state index in [0.29, 0.717) is 24.3 Å². The Hall–Kier alpha value is -2.53. The van der Waals surface area contributed by atoms with Crippen LogP contribution in [0.4, 0.5) is 4.79 Å². The number of benzene rings is 2. The van der Waals surface area contributed by atoms with E-state index in [1.165, 1.54) is 4.90 Å². The molecule has 3 atom stereocenters. The Morgan fingerprint density at radius 2 is 1.96 bits per heavy atom. The van der Waals surface area contributed by atoms with E-state index in [1.807, 2.05) is 48.5 Å². The Labute approximate surface area is 160 Å². The van der Waals surface area contributed by atoms with Gasteiger partial charge in [0.2, 0.25) is 0 Å². The number of nitrogens with zero attached hydrogens (tertiary/aromatic N) is 1. The van der Waals surface area contributed by atoms with Gasteiger partial charge in [-0.1, -0.05) is 55.8 Å². The molecule has 1 aliphatic rings. The molecule has 1 fully saturated rings. The number of hydrogen-bond acceptors (Lipinski definition) is 3. The molecule has 0 bridgehead atoms. The standard InChI is InChI=1S/C22H27NO4/c1-2-7-18-12-13-20(23(18)22(25)26)21(24)17-10-6-11-19(14-17)27-15-16-8-4-3-5-9-16/h3-6,8-11,14,18,20-21,24H,2,7,12-13,15H2,1H3,(H,25,26)/t18-,20+,21?/m0/s1. The number of likely N-dealkylation sites (tertiary alicyclic amines) is 1. The number of hydrogen-bond donors (Lipinski definition) is 2. The highest BCUT2D eigenvalue weighted by atomic mass is 16.5. The lowest BCUT2D eigenvalue weighted by Gasteiger charge is -2.30. The molecule has 5 nitrogen and oxygen atoms in total. The Balaban J connectivity index is 1.71. The van der Waals surface area contributed by atoms with Gasteiger partial charge in [0.05, 0.1) is 12.1 Å². The zero-order chi connectivity index (χ0) is 19.2. The molecule has 1 unspecified atom stereocenters. The minimum Gasteiger partial charge on any atom is -0.489 e. The second kappa shape index (κ2) is 8.91. The third-order valence-electron chi connectivity index (χ3n) is 5.20. The first kappa shape index (κ1) is 19.2. The number of amides is 1. The molecule has 1 saturated heterocycles. The van der Waals surface area contributed by atoms with Gasteiger partial charge in [0.25, 0.3) is 0 Å². The second-order valence-electron chi connectivity index (χ2n) is 7.07. The average Bonchev–Trinajstić information content (AvgIpc) is 3.11. The van der Waals surface area contributed by atoms with E-state index in [9.17, 15) is 15.0 Å². The molecule has 2 aromatic rings. The fourth-order valence-electron chi connectivity index (χ4n) is 3.89. The number of ether oxygens (including phenoxy) is 1. The van der Waals surface area contributed by atoms with E-state index in [2.05, 4.69) is 6.92 Å². The minimum atomic E-state index is -0.952. The highest BCUT2D eigenvalue weighted by Gasteiger charge is 2.40. The van der Waals surface area contributed by atoms with Gasteiger partial charge in [0.1, 0.15) is 12.4 Å². The zero-order valence-electron chi connectivity index (χ0n) is 15.6. The quantitative estimate of drug-likeness (QED) is 0.748. The first-order valence-electron chi connectivity index (χ1n) is 9.56. The van der Waals surface area contributed by atoms with Crippen LogP contribution in [0.25, 0.3) is 0 Å². The number of carboxylic acid groups (broad SMARTS) is 1. The summed E-state index contributed by atoms with van der Waals surface area (Å²) in [4.78, 5) is 13.2. The Morgan fingerprint density at radius 3 is 2.67 bits per heavy atom. The molecule has 2 aromatic carbocycles. The molecular formula is C22H27NO4. The van der Waals surface area contributed by atoms with Crippen LogP contribution in [-0.4, -0.2) is 33.3 Å². The van der Waals surface area contributed by atoms with Crippen LogP contribution in [-0.2, 0) is 6.61 Å². The molecule has 1 aliphatic heterocycles. The van der Waals surface area contributed by atoms with Gasteiger partial charge in [0, 0.05) is 6.04 Å². The fourth-order valence-corrected chi connectivity index (χ4v) is 3.89. The number of aliphatic hydroxyl groups is 1. The molecule has 3 rings (SSSR count). The van der Waals surface area contributed by atoms with Crippen molar-refractivity contribution in [1.29, 1.82) is 0 Å². The lowest BCUT2D eigenvalue weighted by Crippen LogP contribution is -2.43. The van der Waals surface area contributed by atoms with Crippen molar-refractivity contribution in [3.63, 3.8) is 0 Å². The summed E-state index contributed by atoms with van der Waals surface area (Å²) in [6.07, 6.45) is 1.42. The summed E-state index contributed by atoms with van der Waals surface area (Å²) in [6, 6.07) is 16.8. The van der Waals surface area contributed by atoms with Crippen LogP contribution in [0.1, 0.15) is 49.8 Å². The molecule has 144 valence electrons. The molecule has 2 N–H and O–H groups in total. The summed E-state index contributed by atoms with van der Waals surface area (Å²) >= 11 is 0. The minimum absolute atomic E-state index is 0.00957. The first-order valence-corrected chi connectivity index (χ1v) is 9.56. The lowest BCUT2D eigenvalue weighted by molar-refractivity contribution is 0.0525. The van der Waals surface area contributed by atoms with Gasteiger partial charge in [-0.05, 0) is 42.5 Å². The van der Waals surface area contributed by atoms with Gasteiger partial charge in [-0.25, -0.2) is 4.79 Å². The van der Waals surface area contributed by atoms with Crippen LogP contribution in [0.15, 0.2) is 54.6 Å². The Bertz CT molecular complexity index is 749. The number of rotatable bonds is 7. The summed E-state index contributed by atoms with van der Waals surface area (Å²) in [5.41, 5.74) is 1.76. The normalized spacial score (nSPS) is 20.4. The topological polar surface area (TPSA) is 70.0 Å². The average molecular weight is 369 g/mol. The van der Waals surface area contributed by atoms with Crippen molar-refractivity contribution in [2.75, 3.05) is 0 Å². The third-order valence-corrected chi connectivity index (χ3v) is 5.20. The predicted molar refractivity (Wildman–Crippen MR) is 104 cm³/mol. The van der Waals surface area contributed by atoms with Crippen molar-refractivity contribution in [2.45, 2.75) is 57.4 Å². The van der Waals surface area contributed by atoms with Gasteiger partial charge in [0.15, 0.2) is 0 Å². The molecule has 0 aliphatic carbocycles. The van der Waals surface area contributed by atoms with Crippen molar-refractivity contribution in [3.05, 3.63) is 65.7 Å². The molecule has 1 heterocycles. The summed E-state index contributed by atoms with van der Waals surface area (Å²) in [5.74, 6) is 0.667. The van der Waals surface area contributed by atoms with Crippen LogP contribution >= 0.6 is 0 Å². The molecule has 5 heteroatoms. The molecule has 0 saturated carbocycles. The van der Waals surface area contributed by atoms with Crippen LogP contribution < -0.4 is 4.74 Å². The maximum Gasteiger partial charge on any atom is 0.407 e.